The molecule has 0 radical (unpaired) electrons. The summed E-state index contributed by atoms with van der Waals surface area (Å²) in [6, 6.07) is 0. The van der Waals surface area contributed by atoms with Crippen molar-refractivity contribution in [3.8, 4) is 0 Å². The first-order chi connectivity index (χ1) is 5.64. The quantitative estimate of drug-likeness (QED) is 0.684. The Balaban J connectivity index is 2.36. The molecule has 0 saturated carbocycles. The smallest absolute Gasteiger partial charge is 0.0945 e. The summed E-state index contributed by atoms with van der Waals surface area (Å²) < 4.78 is 7.36. The average Bonchev–Trinajstić information content (AvgIpc) is 2.53. The van der Waals surface area contributed by atoms with E-state index in [0.29, 0.717) is 0 Å². The van der Waals surface area contributed by atoms with Gasteiger partial charge in [-0.05, 0) is 20.3 Å². The van der Waals surface area contributed by atoms with Crippen molar-refractivity contribution in [1.29, 1.82) is 0 Å². The van der Waals surface area contributed by atoms with Crippen LogP contribution in [0.1, 0.15) is 20.3 Å². The summed E-state index contributed by atoms with van der Waals surface area (Å²) in [4.78, 5) is 3.97. The van der Waals surface area contributed by atoms with Gasteiger partial charge in [0.2, 0.25) is 0 Å². The normalized spacial score (nSPS) is 11.9. The fourth-order valence-corrected chi connectivity index (χ4v) is 0.919. The number of ether oxygens (including phenoxy) is 1. The van der Waals surface area contributed by atoms with Gasteiger partial charge in [-0.1, -0.05) is 0 Å². The molecular formula is C9H16N2O. The van der Waals surface area contributed by atoms with E-state index in [1.54, 1.807) is 13.3 Å². The largest absolute Gasteiger partial charge is 0.379 e. The molecule has 1 aromatic rings. The molecule has 0 aliphatic carbocycles. The van der Waals surface area contributed by atoms with Crippen LogP contribution >= 0.6 is 0 Å². The summed E-state index contributed by atoms with van der Waals surface area (Å²) in [6.45, 7) is 5.13. The maximum atomic E-state index is 5.30. The molecule has 0 N–H and O–H groups in total. The molecule has 0 aliphatic rings. The highest BCUT2D eigenvalue weighted by atomic mass is 16.5. The van der Waals surface area contributed by atoms with Crippen LogP contribution in [0, 0.1) is 0 Å². The second-order valence-corrected chi connectivity index (χ2v) is 3.51. The molecule has 68 valence electrons. The zero-order chi connectivity index (χ0) is 9.03. The van der Waals surface area contributed by atoms with Gasteiger partial charge in [0.15, 0.2) is 0 Å². The summed E-state index contributed by atoms with van der Waals surface area (Å²) in [5.74, 6) is 0. The van der Waals surface area contributed by atoms with Gasteiger partial charge >= 0.3 is 0 Å². The van der Waals surface area contributed by atoms with Crippen molar-refractivity contribution in [2.45, 2.75) is 32.4 Å². The van der Waals surface area contributed by atoms with Crippen LogP contribution < -0.4 is 0 Å². The summed E-state index contributed by atoms with van der Waals surface area (Å²) >= 11 is 0. The van der Waals surface area contributed by atoms with Crippen LogP contribution in [-0.4, -0.2) is 22.3 Å². The Bertz CT molecular complexity index is 216. The molecule has 3 nitrogen and oxygen atoms in total. The molecule has 0 fully saturated rings. The van der Waals surface area contributed by atoms with E-state index in [1.807, 2.05) is 12.5 Å². The molecule has 0 aliphatic heterocycles. The van der Waals surface area contributed by atoms with E-state index in [2.05, 4.69) is 23.4 Å². The van der Waals surface area contributed by atoms with E-state index in [4.69, 9.17) is 4.74 Å². The minimum Gasteiger partial charge on any atom is -0.379 e. The number of nitrogens with zero attached hydrogens (tertiary/aromatic N) is 2. The molecule has 0 unspecified atom stereocenters. The molecule has 0 saturated heterocycles. The Morgan fingerprint density at radius 3 is 2.75 bits per heavy atom. The first-order valence-corrected chi connectivity index (χ1v) is 4.15. The van der Waals surface area contributed by atoms with Gasteiger partial charge in [-0.15, -0.1) is 0 Å². The molecule has 1 rings (SSSR count). The number of hydrogen-bond acceptors (Lipinski definition) is 2. The Hall–Kier alpha value is -0.830. The van der Waals surface area contributed by atoms with E-state index in [1.165, 1.54) is 0 Å². The monoisotopic (exact) mass is 168 g/mol. The summed E-state index contributed by atoms with van der Waals surface area (Å²) in [7, 11) is 1.74. The SMILES string of the molecule is COC(C)(C)CCn1ccnc1. The standard InChI is InChI=1S/C9H16N2O/c1-9(2,12-3)4-6-11-7-5-10-8-11/h5,7-8H,4,6H2,1-3H3. The third kappa shape index (κ3) is 2.66. The number of rotatable bonds is 4. The fraction of sp³-hybridized carbons (Fsp3) is 0.667. The average molecular weight is 168 g/mol. The molecule has 0 amide bonds. The van der Waals surface area contributed by atoms with Crippen LogP contribution in [0.5, 0.6) is 0 Å². The Kier molecular flexibility index (Phi) is 2.87. The molecule has 1 heterocycles. The highest BCUT2D eigenvalue weighted by molar-refractivity contribution is 4.76. The van der Waals surface area contributed by atoms with Crippen LogP contribution in [0.3, 0.4) is 0 Å². The molecule has 3 heteroatoms. The molecular weight excluding hydrogens is 152 g/mol. The second kappa shape index (κ2) is 3.72. The molecule has 0 aromatic carbocycles. The zero-order valence-corrected chi connectivity index (χ0v) is 7.95. The van der Waals surface area contributed by atoms with E-state index in [9.17, 15) is 0 Å². The van der Waals surface area contributed by atoms with E-state index in [-0.39, 0.29) is 5.60 Å². The summed E-state index contributed by atoms with van der Waals surface area (Å²) in [5.41, 5.74) is -0.0374. The number of imidazole rings is 1. The minimum atomic E-state index is -0.0374. The lowest BCUT2D eigenvalue weighted by Gasteiger charge is -2.22. The lowest BCUT2D eigenvalue weighted by molar-refractivity contribution is 0.0120. The Morgan fingerprint density at radius 2 is 2.25 bits per heavy atom. The topological polar surface area (TPSA) is 27.1 Å². The van der Waals surface area contributed by atoms with Crippen molar-refractivity contribution >= 4 is 0 Å². The van der Waals surface area contributed by atoms with Gasteiger partial charge in [0.1, 0.15) is 0 Å². The number of aromatic nitrogens is 2. The first kappa shape index (κ1) is 9.26. The van der Waals surface area contributed by atoms with E-state index < -0.39 is 0 Å². The molecule has 1 aromatic heterocycles. The van der Waals surface area contributed by atoms with Crippen LogP contribution in [0.25, 0.3) is 0 Å². The predicted octanol–water partition coefficient (Wildman–Crippen LogP) is 1.70. The van der Waals surface area contributed by atoms with E-state index in [0.717, 1.165) is 13.0 Å². The van der Waals surface area contributed by atoms with Crippen LogP contribution in [0.4, 0.5) is 0 Å². The predicted molar refractivity (Wildman–Crippen MR) is 47.9 cm³/mol. The first-order valence-electron chi connectivity index (χ1n) is 4.15. The van der Waals surface area contributed by atoms with Gasteiger partial charge in [0.25, 0.3) is 0 Å². The highest BCUT2D eigenvalue weighted by Gasteiger charge is 2.15. The minimum absolute atomic E-state index is 0.0374. The Labute approximate surface area is 73.4 Å². The Morgan fingerprint density at radius 1 is 1.50 bits per heavy atom. The lowest BCUT2D eigenvalue weighted by atomic mass is 10.1. The van der Waals surface area contributed by atoms with Gasteiger partial charge < -0.3 is 9.30 Å². The lowest BCUT2D eigenvalue weighted by Crippen LogP contribution is -2.24. The van der Waals surface area contributed by atoms with Gasteiger partial charge in [0.05, 0.1) is 11.9 Å². The number of methoxy groups -OCH3 is 1. The van der Waals surface area contributed by atoms with Crippen LogP contribution in [0.15, 0.2) is 18.7 Å². The van der Waals surface area contributed by atoms with Crippen molar-refractivity contribution in [1.82, 2.24) is 9.55 Å². The van der Waals surface area contributed by atoms with Crippen molar-refractivity contribution in [3.63, 3.8) is 0 Å². The van der Waals surface area contributed by atoms with Crippen LogP contribution in [0.2, 0.25) is 0 Å². The van der Waals surface area contributed by atoms with Gasteiger partial charge in [-0.3, -0.25) is 0 Å². The van der Waals surface area contributed by atoms with E-state index >= 15 is 0 Å². The summed E-state index contributed by atoms with van der Waals surface area (Å²) in [5, 5.41) is 0. The van der Waals surface area contributed by atoms with Crippen molar-refractivity contribution < 1.29 is 4.74 Å². The van der Waals surface area contributed by atoms with Crippen molar-refractivity contribution in [2.75, 3.05) is 7.11 Å². The summed E-state index contributed by atoms with van der Waals surface area (Å²) in [6.07, 6.45) is 6.58. The van der Waals surface area contributed by atoms with Gasteiger partial charge in [-0.25, -0.2) is 4.98 Å². The second-order valence-electron chi connectivity index (χ2n) is 3.51. The van der Waals surface area contributed by atoms with Crippen molar-refractivity contribution in [2.24, 2.45) is 0 Å². The molecule has 0 bridgehead atoms. The molecule has 0 atom stereocenters. The van der Waals surface area contributed by atoms with Crippen molar-refractivity contribution in [3.05, 3.63) is 18.7 Å². The third-order valence-corrected chi connectivity index (χ3v) is 2.08. The zero-order valence-electron chi connectivity index (χ0n) is 7.95. The maximum Gasteiger partial charge on any atom is 0.0945 e. The van der Waals surface area contributed by atoms with Gasteiger partial charge in [-0.2, -0.15) is 0 Å². The van der Waals surface area contributed by atoms with Gasteiger partial charge in [0, 0.05) is 26.0 Å². The number of hydrogen-bond donors (Lipinski definition) is 0. The highest BCUT2D eigenvalue weighted by Crippen LogP contribution is 2.13. The van der Waals surface area contributed by atoms with Crippen LogP contribution in [-0.2, 0) is 11.3 Å². The number of aryl methyl sites for hydroxylation is 1. The third-order valence-electron chi connectivity index (χ3n) is 2.08. The maximum absolute atomic E-state index is 5.30. The molecule has 0 spiro atoms. The fourth-order valence-electron chi connectivity index (χ4n) is 0.919. The molecule has 12 heavy (non-hydrogen) atoms.